The van der Waals surface area contributed by atoms with E-state index < -0.39 is 33.8 Å². The zero-order chi connectivity index (χ0) is 20.2. The Bertz CT molecular complexity index is 786. The summed E-state index contributed by atoms with van der Waals surface area (Å²) < 4.78 is 36.7. The molecule has 0 aliphatic carbocycles. The van der Waals surface area contributed by atoms with E-state index in [1.54, 1.807) is 30.3 Å². The summed E-state index contributed by atoms with van der Waals surface area (Å²) in [6, 6.07) is 6.64. The standard InChI is InChI=1S/C19H25NO6S/c1-5-14-12-20(27(23,24)15-8-6-13(2)7-9-15)11-10-16(14)17(18(21)25-3)19(22)26-4/h5-9,14,16-17H,1,10-12H2,2-4H3/t14-,16-/m0/s1. The topological polar surface area (TPSA) is 90.0 Å². The van der Waals surface area contributed by atoms with Crippen LogP contribution < -0.4 is 0 Å². The summed E-state index contributed by atoms with van der Waals surface area (Å²) in [5, 5.41) is 0. The molecular formula is C19H25NO6S. The molecule has 0 unspecified atom stereocenters. The number of nitrogens with zero attached hydrogens (tertiary/aromatic N) is 1. The lowest BCUT2D eigenvalue weighted by atomic mass is 9.77. The lowest BCUT2D eigenvalue weighted by Crippen LogP contribution is -2.48. The van der Waals surface area contributed by atoms with Gasteiger partial charge in [-0.15, -0.1) is 6.58 Å². The lowest BCUT2D eigenvalue weighted by Gasteiger charge is -2.38. The Morgan fingerprint density at radius 1 is 1.19 bits per heavy atom. The minimum Gasteiger partial charge on any atom is -0.468 e. The van der Waals surface area contributed by atoms with Gasteiger partial charge in [-0.25, -0.2) is 8.42 Å². The second-order valence-corrected chi connectivity index (χ2v) is 8.49. The molecule has 2 rings (SSSR count). The Morgan fingerprint density at radius 2 is 1.74 bits per heavy atom. The smallest absolute Gasteiger partial charge is 0.320 e. The number of carbonyl (C=O) groups excluding carboxylic acids is 2. The highest BCUT2D eigenvalue weighted by molar-refractivity contribution is 7.89. The molecule has 148 valence electrons. The van der Waals surface area contributed by atoms with Crippen LogP contribution in [-0.2, 0) is 29.1 Å². The van der Waals surface area contributed by atoms with E-state index in [4.69, 9.17) is 9.47 Å². The molecule has 27 heavy (non-hydrogen) atoms. The van der Waals surface area contributed by atoms with Crippen molar-refractivity contribution in [2.24, 2.45) is 17.8 Å². The number of aryl methyl sites for hydroxylation is 1. The van der Waals surface area contributed by atoms with E-state index in [2.05, 4.69) is 6.58 Å². The largest absolute Gasteiger partial charge is 0.468 e. The molecule has 0 saturated carbocycles. The third kappa shape index (κ3) is 4.39. The van der Waals surface area contributed by atoms with E-state index >= 15 is 0 Å². The summed E-state index contributed by atoms with van der Waals surface area (Å²) in [7, 11) is -1.26. The molecule has 1 aliphatic rings. The van der Waals surface area contributed by atoms with Crippen molar-refractivity contribution in [2.45, 2.75) is 18.2 Å². The van der Waals surface area contributed by atoms with Crippen LogP contribution in [0.4, 0.5) is 0 Å². The van der Waals surface area contributed by atoms with Crippen molar-refractivity contribution >= 4 is 22.0 Å². The molecular weight excluding hydrogens is 370 g/mol. The molecule has 1 aliphatic heterocycles. The van der Waals surface area contributed by atoms with E-state index in [0.717, 1.165) is 5.56 Å². The number of benzene rings is 1. The molecule has 1 aromatic rings. The predicted molar refractivity (Wildman–Crippen MR) is 99.3 cm³/mol. The van der Waals surface area contributed by atoms with Crippen LogP contribution in [0.15, 0.2) is 41.8 Å². The highest BCUT2D eigenvalue weighted by Gasteiger charge is 2.44. The van der Waals surface area contributed by atoms with Crippen molar-refractivity contribution in [1.82, 2.24) is 4.31 Å². The zero-order valence-electron chi connectivity index (χ0n) is 15.8. The van der Waals surface area contributed by atoms with Crippen molar-refractivity contribution in [1.29, 1.82) is 0 Å². The molecule has 2 atom stereocenters. The number of piperidine rings is 1. The number of esters is 2. The van der Waals surface area contributed by atoms with Gasteiger partial charge in [0, 0.05) is 13.1 Å². The second kappa shape index (κ2) is 8.67. The number of ether oxygens (including phenoxy) is 2. The third-order valence-electron chi connectivity index (χ3n) is 4.98. The molecule has 1 aromatic carbocycles. The lowest BCUT2D eigenvalue weighted by molar-refractivity contribution is -0.163. The monoisotopic (exact) mass is 395 g/mol. The highest BCUT2D eigenvalue weighted by atomic mass is 32.2. The second-order valence-electron chi connectivity index (χ2n) is 6.55. The Morgan fingerprint density at radius 3 is 2.22 bits per heavy atom. The Balaban J connectivity index is 2.27. The normalized spacial score (nSPS) is 20.9. The first-order valence-electron chi connectivity index (χ1n) is 8.61. The Labute approximate surface area is 160 Å². The Hall–Kier alpha value is -2.19. The first-order valence-corrected chi connectivity index (χ1v) is 10.0. The van der Waals surface area contributed by atoms with Crippen molar-refractivity contribution < 1.29 is 27.5 Å². The first kappa shape index (κ1) is 21.1. The molecule has 1 fully saturated rings. The van der Waals surface area contributed by atoms with Gasteiger partial charge >= 0.3 is 11.9 Å². The van der Waals surface area contributed by atoms with Crippen LogP contribution in [0.3, 0.4) is 0 Å². The minimum absolute atomic E-state index is 0.134. The first-order chi connectivity index (χ1) is 12.8. The van der Waals surface area contributed by atoms with Crippen LogP contribution >= 0.6 is 0 Å². The highest BCUT2D eigenvalue weighted by Crippen LogP contribution is 2.34. The molecule has 1 heterocycles. The maximum Gasteiger partial charge on any atom is 0.320 e. The van der Waals surface area contributed by atoms with Crippen molar-refractivity contribution in [2.75, 3.05) is 27.3 Å². The van der Waals surface area contributed by atoms with Crippen molar-refractivity contribution in [3.63, 3.8) is 0 Å². The van der Waals surface area contributed by atoms with Gasteiger partial charge in [0.05, 0.1) is 19.1 Å². The molecule has 0 radical (unpaired) electrons. The number of carbonyl (C=O) groups is 2. The van der Waals surface area contributed by atoms with Gasteiger partial charge in [-0.2, -0.15) is 4.31 Å². The van der Waals surface area contributed by atoms with Gasteiger partial charge in [0.15, 0.2) is 5.92 Å². The fraction of sp³-hybridized carbons (Fsp3) is 0.474. The number of hydrogen-bond acceptors (Lipinski definition) is 6. The van der Waals surface area contributed by atoms with E-state index in [0.29, 0.717) is 6.42 Å². The van der Waals surface area contributed by atoms with E-state index in [-0.39, 0.29) is 23.9 Å². The molecule has 7 nitrogen and oxygen atoms in total. The van der Waals surface area contributed by atoms with Gasteiger partial charge in [0.1, 0.15) is 0 Å². The van der Waals surface area contributed by atoms with Crippen LogP contribution in [0.25, 0.3) is 0 Å². The molecule has 0 N–H and O–H groups in total. The predicted octanol–water partition coefficient (Wildman–Crippen LogP) is 1.77. The summed E-state index contributed by atoms with van der Waals surface area (Å²) in [6.07, 6.45) is 1.90. The van der Waals surface area contributed by atoms with Gasteiger partial charge in [0.25, 0.3) is 0 Å². The third-order valence-corrected chi connectivity index (χ3v) is 6.86. The summed E-state index contributed by atoms with van der Waals surface area (Å²) >= 11 is 0. The summed E-state index contributed by atoms with van der Waals surface area (Å²) in [4.78, 5) is 24.4. The van der Waals surface area contributed by atoms with Crippen LogP contribution in [-0.4, -0.2) is 52.0 Å². The average molecular weight is 395 g/mol. The molecule has 8 heteroatoms. The molecule has 1 saturated heterocycles. The van der Waals surface area contributed by atoms with Gasteiger partial charge in [-0.1, -0.05) is 23.8 Å². The van der Waals surface area contributed by atoms with Crippen molar-refractivity contribution in [3.05, 3.63) is 42.5 Å². The Kier molecular flexibility index (Phi) is 6.78. The average Bonchev–Trinajstić information content (AvgIpc) is 2.68. The molecule has 0 bridgehead atoms. The summed E-state index contributed by atoms with van der Waals surface area (Å²) in [5.74, 6) is -3.30. The van der Waals surface area contributed by atoms with Crippen LogP contribution in [0.2, 0.25) is 0 Å². The van der Waals surface area contributed by atoms with Gasteiger partial charge in [-0.3, -0.25) is 9.59 Å². The van der Waals surface area contributed by atoms with Crippen LogP contribution in [0, 0.1) is 24.7 Å². The van der Waals surface area contributed by atoms with Gasteiger partial charge in [-0.05, 0) is 37.3 Å². The van der Waals surface area contributed by atoms with Crippen LogP contribution in [0.5, 0.6) is 0 Å². The SMILES string of the molecule is C=C[C@H]1CN(S(=O)(=O)c2ccc(C)cc2)CC[C@@H]1C(C(=O)OC)C(=O)OC. The summed E-state index contributed by atoms with van der Waals surface area (Å²) in [5.41, 5.74) is 0.968. The van der Waals surface area contributed by atoms with Gasteiger partial charge in [0.2, 0.25) is 10.0 Å². The van der Waals surface area contributed by atoms with E-state index in [9.17, 15) is 18.0 Å². The minimum atomic E-state index is -3.67. The fourth-order valence-corrected chi connectivity index (χ4v) is 4.90. The van der Waals surface area contributed by atoms with Gasteiger partial charge < -0.3 is 9.47 Å². The van der Waals surface area contributed by atoms with E-state index in [1.165, 1.54) is 18.5 Å². The molecule has 0 spiro atoms. The van der Waals surface area contributed by atoms with E-state index in [1.807, 2.05) is 6.92 Å². The maximum atomic E-state index is 12.9. The maximum absolute atomic E-state index is 12.9. The molecule has 0 aromatic heterocycles. The zero-order valence-corrected chi connectivity index (χ0v) is 16.6. The quantitative estimate of drug-likeness (QED) is 0.414. The molecule has 0 amide bonds. The van der Waals surface area contributed by atoms with Crippen LogP contribution in [0.1, 0.15) is 12.0 Å². The number of rotatable bonds is 6. The number of hydrogen-bond donors (Lipinski definition) is 0. The number of sulfonamides is 1. The summed E-state index contributed by atoms with van der Waals surface area (Å²) in [6.45, 7) is 5.97. The van der Waals surface area contributed by atoms with Crippen molar-refractivity contribution in [3.8, 4) is 0 Å². The fourth-order valence-electron chi connectivity index (χ4n) is 3.41. The number of methoxy groups -OCH3 is 2.